The number of hydrogen-bond acceptors (Lipinski definition) is 2. The number of carbonyl (C=O) groups is 2. The molecule has 1 aromatic rings. The molecule has 4 heteroatoms. The largest absolute Gasteiger partial charge is 0.325 e. The summed E-state index contributed by atoms with van der Waals surface area (Å²) >= 11 is 0. The number of benzene rings is 1. The zero-order chi connectivity index (χ0) is 11.8. The van der Waals surface area contributed by atoms with E-state index >= 15 is 0 Å². The maximum absolute atomic E-state index is 12.0. The predicted molar refractivity (Wildman–Crippen MR) is 62.3 cm³/mol. The normalized spacial score (nSPS) is 24.0. The molecule has 1 aliphatic carbocycles. The monoisotopic (exact) mass is 230 g/mol. The summed E-state index contributed by atoms with van der Waals surface area (Å²) in [5.41, 5.74) is 1.07. The second-order valence-electron chi connectivity index (χ2n) is 4.63. The molecule has 4 nitrogen and oxygen atoms in total. The van der Waals surface area contributed by atoms with E-state index in [1.165, 1.54) is 4.90 Å². The molecule has 2 aliphatic rings. The van der Waals surface area contributed by atoms with Gasteiger partial charge in [0.25, 0.3) is 5.91 Å². The van der Waals surface area contributed by atoms with Gasteiger partial charge < -0.3 is 5.32 Å². The van der Waals surface area contributed by atoms with Gasteiger partial charge in [-0.05, 0) is 18.4 Å². The van der Waals surface area contributed by atoms with E-state index in [1.807, 2.05) is 30.3 Å². The highest BCUT2D eigenvalue weighted by Crippen LogP contribution is 2.30. The van der Waals surface area contributed by atoms with Crippen LogP contribution in [0.1, 0.15) is 18.4 Å². The minimum atomic E-state index is -0.384. The van der Waals surface area contributed by atoms with E-state index in [4.69, 9.17) is 0 Å². The quantitative estimate of drug-likeness (QED) is 0.796. The van der Waals surface area contributed by atoms with Crippen LogP contribution in [-0.4, -0.2) is 28.9 Å². The summed E-state index contributed by atoms with van der Waals surface area (Å²) in [5.74, 6) is -0.0682. The van der Waals surface area contributed by atoms with Gasteiger partial charge in [-0.1, -0.05) is 30.3 Å². The van der Waals surface area contributed by atoms with Crippen molar-refractivity contribution in [2.75, 3.05) is 0 Å². The lowest BCUT2D eigenvalue weighted by molar-refractivity contribution is -0.127. The third-order valence-corrected chi connectivity index (χ3v) is 3.25. The number of hydrogen-bond donors (Lipinski definition) is 1. The molecule has 0 unspecified atom stereocenters. The standard InChI is InChI=1S/C13H14N2O2/c16-12-11(8-9-4-2-1-3-5-9)14-13(17)15(12)10-6-7-10/h1-5,10-11H,6-8H2,(H,14,17)/t11-/m1/s1. The first-order chi connectivity index (χ1) is 8.25. The molecular formula is C13H14N2O2. The molecule has 0 spiro atoms. The van der Waals surface area contributed by atoms with Crippen LogP contribution in [0.5, 0.6) is 0 Å². The van der Waals surface area contributed by atoms with Gasteiger partial charge in [-0.15, -0.1) is 0 Å². The van der Waals surface area contributed by atoms with Gasteiger partial charge in [0.1, 0.15) is 6.04 Å². The lowest BCUT2D eigenvalue weighted by Gasteiger charge is -2.11. The first kappa shape index (κ1) is 10.3. The van der Waals surface area contributed by atoms with E-state index in [-0.39, 0.29) is 24.0 Å². The van der Waals surface area contributed by atoms with Crippen molar-refractivity contribution in [2.24, 2.45) is 0 Å². The van der Waals surface area contributed by atoms with E-state index in [9.17, 15) is 9.59 Å². The Hall–Kier alpha value is -1.84. The van der Waals surface area contributed by atoms with Crippen LogP contribution in [0.25, 0.3) is 0 Å². The summed E-state index contributed by atoms with van der Waals surface area (Å²) in [4.78, 5) is 25.1. The highest BCUT2D eigenvalue weighted by atomic mass is 16.2. The van der Waals surface area contributed by atoms with Gasteiger partial charge in [-0.3, -0.25) is 9.69 Å². The van der Waals surface area contributed by atoms with E-state index in [0.717, 1.165) is 18.4 Å². The Kier molecular flexibility index (Phi) is 2.35. The molecule has 0 aromatic heterocycles. The summed E-state index contributed by atoms with van der Waals surface area (Å²) < 4.78 is 0. The molecule has 1 saturated heterocycles. The third kappa shape index (κ3) is 1.90. The highest BCUT2D eigenvalue weighted by molar-refractivity contribution is 6.04. The minimum absolute atomic E-state index is 0.0682. The lowest BCUT2D eigenvalue weighted by Crippen LogP contribution is -2.34. The van der Waals surface area contributed by atoms with Crippen molar-refractivity contribution in [3.05, 3.63) is 35.9 Å². The van der Waals surface area contributed by atoms with Crippen molar-refractivity contribution in [2.45, 2.75) is 31.3 Å². The SMILES string of the molecule is O=C1N[C@H](Cc2ccccc2)C(=O)N1C1CC1. The van der Waals surface area contributed by atoms with Crippen molar-refractivity contribution >= 4 is 11.9 Å². The molecule has 1 saturated carbocycles. The Morgan fingerprint density at radius 2 is 1.88 bits per heavy atom. The van der Waals surface area contributed by atoms with Gasteiger partial charge in [0.2, 0.25) is 0 Å². The Morgan fingerprint density at radius 1 is 1.18 bits per heavy atom. The average molecular weight is 230 g/mol. The van der Waals surface area contributed by atoms with E-state index < -0.39 is 0 Å². The topological polar surface area (TPSA) is 49.4 Å². The Morgan fingerprint density at radius 3 is 2.53 bits per heavy atom. The van der Waals surface area contributed by atoms with Crippen LogP contribution in [0.4, 0.5) is 4.79 Å². The summed E-state index contributed by atoms with van der Waals surface area (Å²) in [7, 11) is 0. The fourth-order valence-electron chi connectivity index (χ4n) is 2.21. The lowest BCUT2D eigenvalue weighted by atomic mass is 10.1. The van der Waals surface area contributed by atoms with Crippen molar-refractivity contribution in [1.29, 1.82) is 0 Å². The van der Waals surface area contributed by atoms with Gasteiger partial charge in [0.15, 0.2) is 0 Å². The van der Waals surface area contributed by atoms with Crippen LogP contribution >= 0.6 is 0 Å². The van der Waals surface area contributed by atoms with Crippen molar-refractivity contribution in [1.82, 2.24) is 10.2 Å². The zero-order valence-electron chi connectivity index (χ0n) is 9.43. The van der Waals surface area contributed by atoms with Gasteiger partial charge in [0, 0.05) is 12.5 Å². The molecule has 88 valence electrons. The van der Waals surface area contributed by atoms with Gasteiger partial charge in [-0.2, -0.15) is 0 Å². The van der Waals surface area contributed by atoms with Crippen LogP contribution in [0.3, 0.4) is 0 Å². The maximum atomic E-state index is 12.0. The molecular weight excluding hydrogens is 216 g/mol. The molecule has 2 fully saturated rings. The smallest absolute Gasteiger partial charge is 0.325 e. The Bertz CT molecular complexity index is 454. The van der Waals surface area contributed by atoms with Crippen LogP contribution < -0.4 is 5.32 Å². The van der Waals surface area contributed by atoms with E-state index in [0.29, 0.717) is 6.42 Å². The van der Waals surface area contributed by atoms with E-state index in [1.54, 1.807) is 0 Å². The molecule has 3 rings (SSSR count). The number of urea groups is 1. The number of rotatable bonds is 3. The van der Waals surface area contributed by atoms with Crippen LogP contribution in [0.2, 0.25) is 0 Å². The first-order valence-electron chi connectivity index (χ1n) is 5.93. The number of imide groups is 1. The van der Waals surface area contributed by atoms with Crippen LogP contribution in [0, 0.1) is 0 Å². The van der Waals surface area contributed by atoms with Crippen LogP contribution in [0.15, 0.2) is 30.3 Å². The van der Waals surface area contributed by atoms with Crippen molar-refractivity contribution in [3.63, 3.8) is 0 Å². The number of amides is 3. The third-order valence-electron chi connectivity index (χ3n) is 3.25. The minimum Gasteiger partial charge on any atom is -0.325 e. The first-order valence-corrected chi connectivity index (χ1v) is 5.93. The summed E-state index contributed by atoms with van der Waals surface area (Å²) in [6, 6.07) is 9.31. The molecule has 0 bridgehead atoms. The number of nitrogens with zero attached hydrogens (tertiary/aromatic N) is 1. The van der Waals surface area contributed by atoms with Crippen molar-refractivity contribution in [3.8, 4) is 0 Å². The molecule has 1 heterocycles. The molecule has 1 aliphatic heterocycles. The fraction of sp³-hybridized carbons (Fsp3) is 0.385. The predicted octanol–water partition coefficient (Wildman–Crippen LogP) is 1.31. The second kappa shape index (κ2) is 3.87. The Balaban J connectivity index is 1.73. The average Bonchev–Trinajstić information content (AvgIpc) is 3.10. The molecule has 17 heavy (non-hydrogen) atoms. The summed E-state index contributed by atoms with van der Waals surface area (Å²) in [5, 5.41) is 2.76. The molecule has 1 aromatic carbocycles. The van der Waals surface area contributed by atoms with Crippen LogP contribution in [-0.2, 0) is 11.2 Å². The van der Waals surface area contributed by atoms with Gasteiger partial charge in [0.05, 0.1) is 0 Å². The fourth-order valence-corrected chi connectivity index (χ4v) is 2.21. The highest BCUT2D eigenvalue weighted by Gasteiger charge is 2.45. The van der Waals surface area contributed by atoms with E-state index in [2.05, 4.69) is 5.32 Å². The zero-order valence-corrected chi connectivity index (χ0v) is 9.43. The molecule has 1 atom stereocenters. The maximum Gasteiger partial charge on any atom is 0.325 e. The molecule has 0 radical (unpaired) electrons. The van der Waals surface area contributed by atoms with Gasteiger partial charge in [-0.25, -0.2) is 4.79 Å². The van der Waals surface area contributed by atoms with Gasteiger partial charge >= 0.3 is 6.03 Å². The number of carbonyl (C=O) groups excluding carboxylic acids is 2. The molecule has 3 amide bonds. The summed E-state index contributed by atoms with van der Waals surface area (Å²) in [6.45, 7) is 0. The summed E-state index contributed by atoms with van der Waals surface area (Å²) in [6.07, 6.45) is 2.49. The Labute approximate surface area is 99.6 Å². The molecule has 1 N–H and O–H groups in total. The second-order valence-corrected chi connectivity index (χ2v) is 4.63. The number of nitrogens with one attached hydrogen (secondary N) is 1. The van der Waals surface area contributed by atoms with Crippen molar-refractivity contribution < 1.29 is 9.59 Å².